The van der Waals surface area contributed by atoms with Crippen LogP contribution in [0.15, 0.2) is 63.0 Å². The number of aromatic nitrogens is 2. The average Bonchev–Trinajstić information content (AvgIpc) is 2.89. The number of hydrogen-bond acceptors (Lipinski definition) is 5. The van der Waals surface area contributed by atoms with Crippen LogP contribution in [-0.2, 0) is 11.3 Å². The minimum atomic E-state index is -0.608. The Labute approximate surface area is 130 Å². The van der Waals surface area contributed by atoms with Gasteiger partial charge in [-0.25, -0.2) is 10.2 Å². The van der Waals surface area contributed by atoms with Gasteiger partial charge in [0.25, 0.3) is 5.91 Å². The zero-order valence-corrected chi connectivity index (χ0v) is 12.0. The van der Waals surface area contributed by atoms with Crippen LogP contribution in [0.25, 0.3) is 11.1 Å². The summed E-state index contributed by atoms with van der Waals surface area (Å²) in [4.78, 5) is 27.7. The van der Waals surface area contributed by atoms with E-state index in [1.54, 1.807) is 48.7 Å². The number of hydrogen-bond donors (Lipinski definition) is 2. The van der Waals surface area contributed by atoms with Crippen molar-refractivity contribution < 1.29 is 9.21 Å². The lowest BCUT2D eigenvalue weighted by Crippen LogP contribution is -2.30. The highest BCUT2D eigenvalue weighted by molar-refractivity contribution is 5.96. The highest BCUT2D eigenvalue weighted by Crippen LogP contribution is 2.11. The van der Waals surface area contributed by atoms with Crippen molar-refractivity contribution in [3.63, 3.8) is 0 Å². The number of nitrogens with zero attached hydrogens (tertiary/aromatic N) is 3. The topological polar surface area (TPSA) is 116 Å². The number of carbonyl (C=O) groups is 1. The Morgan fingerprint density at radius 2 is 2.04 bits per heavy atom. The zero-order chi connectivity index (χ0) is 16.2. The molecule has 0 fully saturated rings. The quantitative estimate of drug-likeness (QED) is 0.412. The minimum absolute atomic E-state index is 0.0725. The number of pyridine rings is 1. The van der Waals surface area contributed by atoms with E-state index in [2.05, 4.69) is 15.5 Å². The molecule has 3 rings (SSSR count). The molecule has 3 N–H and O–H groups in total. The summed E-state index contributed by atoms with van der Waals surface area (Å²) in [6.07, 6.45) is 1.57. The molecule has 0 saturated carbocycles. The van der Waals surface area contributed by atoms with Crippen molar-refractivity contribution in [3.8, 4) is 0 Å². The van der Waals surface area contributed by atoms with Crippen LogP contribution in [0.3, 0.4) is 0 Å². The van der Waals surface area contributed by atoms with Gasteiger partial charge >= 0.3 is 5.76 Å². The van der Waals surface area contributed by atoms with Gasteiger partial charge in [-0.05, 0) is 24.3 Å². The summed E-state index contributed by atoms with van der Waals surface area (Å²) in [6, 6.07) is 12.0. The smallest absolute Gasteiger partial charge is 0.408 e. The Bertz CT molecular complexity index is 927. The molecule has 1 amide bonds. The Balaban J connectivity index is 1.74. The number of rotatable bonds is 4. The summed E-state index contributed by atoms with van der Waals surface area (Å²) in [6.45, 7) is -0.227. The van der Waals surface area contributed by atoms with Crippen LogP contribution < -0.4 is 16.9 Å². The fourth-order valence-corrected chi connectivity index (χ4v) is 2.04. The molecule has 116 valence electrons. The molecule has 0 aliphatic heterocycles. The lowest BCUT2D eigenvalue weighted by Gasteiger charge is -2.03. The van der Waals surface area contributed by atoms with Crippen molar-refractivity contribution in [1.82, 2.24) is 15.0 Å². The number of fused-ring (bicyclic) bond motifs is 1. The maximum absolute atomic E-state index is 11.9. The van der Waals surface area contributed by atoms with Crippen LogP contribution in [-0.4, -0.2) is 21.3 Å². The van der Waals surface area contributed by atoms with E-state index in [1.807, 2.05) is 0 Å². The highest BCUT2D eigenvalue weighted by Gasteiger charge is 2.12. The molecule has 0 bridgehead atoms. The van der Waals surface area contributed by atoms with Crippen LogP contribution in [0.1, 0.15) is 5.69 Å². The Kier molecular flexibility index (Phi) is 3.88. The molecule has 2 aromatic heterocycles. The van der Waals surface area contributed by atoms with E-state index in [4.69, 9.17) is 10.2 Å². The standard InChI is InChI=1S/C15H13N5O3/c16-14(10-5-3-4-8-17-10)19-18-13(21)9-20-11-6-1-2-7-12(11)23-15(20)22/h1-8H,9H2,(H2,16,19)(H,18,21). The van der Waals surface area contributed by atoms with Gasteiger partial charge in [-0.1, -0.05) is 18.2 Å². The number of hydrazone groups is 1. The fraction of sp³-hybridized carbons (Fsp3) is 0.0667. The molecule has 8 heteroatoms. The third kappa shape index (κ3) is 3.10. The number of nitrogens with two attached hydrogens (primary N) is 1. The molecule has 1 aromatic carbocycles. The maximum atomic E-state index is 11.9. The average molecular weight is 311 g/mol. The summed E-state index contributed by atoms with van der Waals surface area (Å²) >= 11 is 0. The van der Waals surface area contributed by atoms with Crippen molar-refractivity contribution in [2.24, 2.45) is 10.8 Å². The normalized spacial score (nSPS) is 11.6. The van der Waals surface area contributed by atoms with Crippen molar-refractivity contribution in [1.29, 1.82) is 0 Å². The van der Waals surface area contributed by atoms with E-state index in [-0.39, 0.29) is 12.4 Å². The summed E-state index contributed by atoms with van der Waals surface area (Å²) < 4.78 is 6.27. The van der Waals surface area contributed by atoms with Crippen LogP contribution in [0.4, 0.5) is 0 Å². The third-order valence-electron chi connectivity index (χ3n) is 3.10. The van der Waals surface area contributed by atoms with Crippen LogP contribution in [0.2, 0.25) is 0 Å². The van der Waals surface area contributed by atoms with Gasteiger partial charge in [0.15, 0.2) is 11.4 Å². The second-order valence-electron chi connectivity index (χ2n) is 4.67. The molecule has 0 unspecified atom stereocenters. The SMILES string of the molecule is N/C(=N\NC(=O)Cn1c(=O)oc2ccccc21)c1ccccn1. The Hall–Kier alpha value is -3.42. The summed E-state index contributed by atoms with van der Waals surface area (Å²) in [5.74, 6) is -1.04. The third-order valence-corrected chi connectivity index (χ3v) is 3.10. The molecule has 0 radical (unpaired) electrons. The lowest BCUT2D eigenvalue weighted by atomic mass is 10.3. The molecule has 0 saturated heterocycles. The van der Waals surface area contributed by atoms with E-state index in [9.17, 15) is 9.59 Å². The second kappa shape index (κ2) is 6.14. The van der Waals surface area contributed by atoms with Crippen LogP contribution in [0.5, 0.6) is 0 Å². The van der Waals surface area contributed by atoms with Gasteiger partial charge in [0.05, 0.1) is 5.52 Å². The molecule has 2 heterocycles. The van der Waals surface area contributed by atoms with Gasteiger partial charge in [-0.2, -0.15) is 5.10 Å². The van der Waals surface area contributed by atoms with Crippen molar-refractivity contribution >= 4 is 22.8 Å². The van der Waals surface area contributed by atoms with Gasteiger partial charge in [0.1, 0.15) is 12.2 Å². The van der Waals surface area contributed by atoms with Crippen molar-refractivity contribution in [2.45, 2.75) is 6.54 Å². The van der Waals surface area contributed by atoms with E-state index in [0.29, 0.717) is 16.8 Å². The van der Waals surface area contributed by atoms with Gasteiger partial charge in [0, 0.05) is 6.20 Å². The molecule has 0 aliphatic carbocycles. The summed E-state index contributed by atoms with van der Waals surface area (Å²) in [7, 11) is 0. The Morgan fingerprint density at radius 1 is 1.26 bits per heavy atom. The number of amidine groups is 1. The number of nitrogens with one attached hydrogen (secondary N) is 1. The number of carbonyl (C=O) groups excluding carboxylic acids is 1. The molecule has 0 aliphatic rings. The highest BCUT2D eigenvalue weighted by atomic mass is 16.4. The first-order valence-electron chi connectivity index (χ1n) is 6.77. The first kappa shape index (κ1) is 14.5. The van der Waals surface area contributed by atoms with E-state index in [0.717, 1.165) is 0 Å². The molecule has 8 nitrogen and oxygen atoms in total. The van der Waals surface area contributed by atoms with Crippen LogP contribution >= 0.6 is 0 Å². The predicted molar refractivity (Wildman–Crippen MR) is 83.6 cm³/mol. The minimum Gasteiger partial charge on any atom is -0.408 e. The van der Waals surface area contributed by atoms with Crippen molar-refractivity contribution in [3.05, 3.63) is 64.9 Å². The number of oxazole rings is 1. The first-order valence-corrected chi connectivity index (χ1v) is 6.77. The van der Waals surface area contributed by atoms with Gasteiger partial charge in [-0.3, -0.25) is 14.3 Å². The largest absolute Gasteiger partial charge is 0.420 e. The molecule has 0 atom stereocenters. The zero-order valence-electron chi connectivity index (χ0n) is 12.0. The van der Waals surface area contributed by atoms with E-state index < -0.39 is 11.7 Å². The van der Waals surface area contributed by atoms with E-state index >= 15 is 0 Å². The first-order chi connectivity index (χ1) is 11.1. The predicted octanol–water partition coefficient (Wildman–Crippen LogP) is 0.426. The molecule has 23 heavy (non-hydrogen) atoms. The monoisotopic (exact) mass is 311 g/mol. The number of amides is 1. The summed E-state index contributed by atoms with van der Waals surface area (Å²) in [5, 5.41) is 3.77. The lowest BCUT2D eigenvalue weighted by molar-refractivity contribution is -0.121. The van der Waals surface area contributed by atoms with Crippen LogP contribution in [0, 0.1) is 0 Å². The van der Waals surface area contributed by atoms with E-state index in [1.165, 1.54) is 4.57 Å². The summed E-state index contributed by atoms with van der Waals surface area (Å²) in [5.41, 5.74) is 9.41. The number of para-hydroxylation sites is 2. The molecular weight excluding hydrogens is 298 g/mol. The van der Waals surface area contributed by atoms with Crippen molar-refractivity contribution in [2.75, 3.05) is 0 Å². The van der Waals surface area contributed by atoms with Gasteiger partial charge < -0.3 is 10.2 Å². The fourth-order valence-electron chi connectivity index (χ4n) is 2.04. The Morgan fingerprint density at radius 3 is 2.83 bits per heavy atom. The maximum Gasteiger partial charge on any atom is 0.420 e. The van der Waals surface area contributed by atoms with Gasteiger partial charge in [-0.15, -0.1) is 0 Å². The number of benzene rings is 1. The molecular formula is C15H13N5O3. The second-order valence-corrected chi connectivity index (χ2v) is 4.67. The van der Waals surface area contributed by atoms with Gasteiger partial charge in [0.2, 0.25) is 0 Å². The molecule has 3 aromatic rings. The molecule has 0 spiro atoms.